The van der Waals surface area contributed by atoms with Gasteiger partial charge in [0.25, 0.3) is 5.91 Å². The molecule has 0 fully saturated rings. The number of aryl methyl sites for hydroxylation is 2. The summed E-state index contributed by atoms with van der Waals surface area (Å²) in [5.41, 5.74) is 1.40. The van der Waals surface area contributed by atoms with Crippen LogP contribution < -0.4 is 5.32 Å². The average molecular weight is 318 g/mol. The third kappa shape index (κ3) is 2.35. The van der Waals surface area contributed by atoms with E-state index in [2.05, 4.69) is 15.5 Å². The molecule has 2 aromatic heterocycles. The van der Waals surface area contributed by atoms with Crippen LogP contribution in [0.15, 0.2) is 30.6 Å². The van der Waals surface area contributed by atoms with E-state index in [-0.39, 0.29) is 11.9 Å². The first-order chi connectivity index (χ1) is 10.5. The number of carbonyl (C=O) groups excluding carboxylic acids is 1. The Morgan fingerprint density at radius 3 is 2.77 bits per heavy atom. The van der Waals surface area contributed by atoms with Gasteiger partial charge in [0.2, 0.25) is 0 Å². The maximum atomic E-state index is 12.5. The third-order valence-electron chi connectivity index (χ3n) is 3.72. The minimum atomic E-state index is -0.242. The topological polar surface area (TPSA) is 64.7 Å². The number of rotatable bonds is 3. The van der Waals surface area contributed by atoms with Gasteiger partial charge in [-0.2, -0.15) is 0 Å². The van der Waals surface area contributed by atoms with Crippen molar-refractivity contribution in [3.8, 4) is 0 Å². The van der Waals surface area contributed by atoms with Crippen molar-refractivity contribution in [1.82, 2.24) is 24.6 Å². The van der Waals surface area contributed by atoms with E-state index in [9.17, 15) is 4.79 Å². The minimum Gasteiger partial charge on any atom is -0.341 e. The molecule has 1 atom stereocenters. The Kier molecular flexibility index (Phi) is 3.62. The molecule has 0 spiro atoms. The van der Waals surface area contributed by atoms with Gasteiger partial charge in [0.05, 0.1) is 16.6 Å². The van der Waals surface area contributed by atoms with Crippen molar-refractivity contribution in [1.29, 1.82) is 0 Å². The number of nitrogens with zero attached hydrogens (tertiary/aromatic N) is 4. The first-order valence-electron chi connectivity index (χ1n) is 6.87. The van der Waals surface area contributed by atoms with Crippen molar-refractivity contribution < 1.29 is 4.79 Å². The van der Waals surface area contributed by atoms with Gasteiger partial charge in [-0.1, -0.05) is 23.7 Å². The summed E-state index contributed by atoms with van der Waals surface area (Å²) in [5.74, 6) is 0.524. The molecule has 0 radical (unpaired) electrons. The molecule has 0 aliphatic rings. The van der Waals surface area contributed by atoms with Crippen LogP contribution in [-0.2, 0) is 14.1 Å². The molecule has 1 aromatic carbocycles. The molecule has 114 valence electrons. The van der Waals surface area contributed by atoms with Crippen LogP contribution in [0.1, 0.15) is 29.3 Å². The summed E-state index contributed by atoms with van der Waals surface area (Å²) in [6.45, 7) is 1.87. The van der Waals surface area contributed by atoms with E-state index in [0.717, 1.165) is 10.9 Å². The summed E-state index contributed by atoms with van der Waals surface area (Å²) in [7, 11) is 3.67. The molecule has 0 unspecified atom stereocenters. The van der Waals surface area contributed by atoms with Crippen LogP contribution in [0.3, 0.4) is 0 Å². The summed E-state index contributed by atoms with van der Waals surface area (Å²) in [4.78, 5) is 12.5. The van der Waals surface area contributed by atoms with Crippen molar-refractivity contribution in [2.24, 2.45) is 14.1 Å². The van der Waals surface area contributed by atoms with Gasteiger partial charge >= 0.3 is 0 Å². The highest BCUT2D eigenvalue weighted by molar-refractivity contribution is 6.35. The monoisotopic (exact) mass is 317 g/mol. The standard InChI is InChI=1S/C15H16ClN5O/c1-9(14-19-17-8-20(14)2)18-15(22)12-7-10-5-4-6-11(16)13(10)21(12)3/h4-9H,1-3H3,(H,18,22)/t9-/m1/s1. The van der Waals surface area contributed by atoms with E-state index < -0.39 is 0 Å². The third-order valence-corrected chi connectivity index (χ3v) is 4.03. The molecule has 0 bridgehead atoms. The number of carbonyl (C=O) groups is 1. The summed E-state index contributed by atoms with van der Waals surface area (Å²) in [6.07, 6.45) is 1.61. The first kappa shape index (κ1) is 14.6. The maximum Gasteiger partial charge on any atom is 0.268 e. The zero-order chi connectivity index (χ0) is 15.9. The highest BCUT2D eigenvalue weighted by Crippen LogP contribution is 2.26. The molecule has 2 heterocycles. The summed E-state index contributed by atoms with van der Waals surface area (Å²) in [5, 5.41) is 12.3. The Hall–Kier alpha value is -2.34. The number of nitrogens with one attached hydrogen (secondary N) is 1. The van der Waals surface area contributed by atoms with Gasteiger partial charge in [-0.25, -0.2) is 0 Å². The molecule has 7 heteroatoms. The number of para-hydroxylation sites is 1. The van der Waals surface area contributed by atoms with Crippen LogP contribution in [0, 0.1) is 0 Å². The molecule has 1 N–H and O–H groups in total. The van der Waals surface area contributed by atoms with Crippen molar-refractivity contribution in [2.75, 3.05) is 0 Å². The van der Waals surface area contributed by atoms with Gasteiger partial charge in [0, 0.05) is 19.5 Å². The Morgan fingerprint density at radius 2 is 2.14 bits per heavy atom. The van der Waals surface area contributed by atoms with Crippen molar-refractivity contribution in [2.45, 2.75) is 13.0 Å². The smallest absolute Gasteiger partial charge is 0.268 e. The summed E-state index contributed by atoms with van der Waals surface area (Å²) >= 11 is 6.21. The second-order valence-corrected chi connectivity index (χ2v) is 5.67. The second kappa shape index (κ2) is 5.46. The largest absolute Gasteiger partial charge is 0.341 e. The molecule has 0 aliphatic heterocycles. The van der Waals surface area contributed by atoms with Crippen LogP contribution in [0.5, 0.6) is 0 Å². The summed E-state index contributed by atoms with van der Waals surface area (Å²) < 4.78 is 3.58. The van der Waals surface area contributed by atoms with Crippen LogP contribution in [0.2, 0.25) is 5.02 Å². The molecule has 22 heavy (non-hydrogen) atoms. The minimum absolute atomic E-state index is 0.176. The lowest BCUT2D eigenvalue weighted by molar-refractivity contribution is 0.0930. The first-order valence-corrected chi connectivity index (χ1v) is 7.25. The van der Waals surface area contributed by atoms with Crippen molar-refractivity contribution in [3.63, 3.8) is 0 Å². The summed E-state index contributed by atoms with van der Waals surface area (Å²) in [6, 6.07) is 7.21. The van der Waals surface area contributed by atoms with E-state index in [4.69, 9.17) is 11.6 Å². The van der Waals surface area contributed by atoms with Crippen molar-refractivity contribution >= 4 is 28.4 Å². The quantitative estimate of drug-likeness (QED) is 0.807. The fourth-order valence-electron chi connectivity index (χ4n) is 2.60. The number of benzene rings is 1. The maximum absolute atomic E-state index is 12.5. The van der Waals surface area contributed by atoms with Gasteiger partial charge in [-0.05, 0) is 19.1 Å². The van der Waals surface area contributed by atoms with Crippen LogP contribution >= 0.6 is 11.6 Å². The zero-order valence-electron chi connectivity index (χ0n) is 12.5. The highest BCUT2D eigenvalue weighted by Gasteiger charge is 2.19. The van der Waals surface area contributed by atoms with E-state index in [1.54, 1.807) is 15.5 Å². The Bertz CT molecular complexity index is 851. The molecular formula is C15H16ClN5O. The van der Waals surface area contributed by atoms with Crippen molar-refractivity contribution in [3.05, 3.63) is 47.1 Å². The van der Waals surface area contributed by atoms with Gasteiger partial charge in [-0.15, -0.1) is 10.2 Å². The van der Waals surface area contributed by atoms with Gasteiger partial charge < -0.3 is 14.5 Å². The number of halogens is 1. The van der Waals surface area contributed by atoms with E-state index in [1.807, 2.05) is 45.3 Å². The lowest BCUT2D eigenvalue weighted by Crippen LogP contribution is -2.29. The molecular weight excluding hydrogens is 302 g/mol. The van der Waals surface area contributed by atoms with E-state index in [0.29, 0.717) is 16.5 Å². The van der Waals surface area contributed by atoms with E-state index in [1.165, 1.54) is 0 Å². The fourth-order valence-corrected chi connectivity index (χ4v) is 2.91. The zero-order valence-corrected chi connectivity index (χ0v) is 13.3. The molecule has 1 amide bonds. The fraction of sp³-hybridized carbons (Fsp3) is 0.267. The predicted octanol–water partition coefficient (Wildman–Crippen LogP) is 2.45. The van der Waals surface area contributed by atoms with Crippen LogP contribution in [0.25, 0.3) is 10.9 Å². The molecule has 3 rings (SSSR count). The second-order valence-electron chi connectivity index (χ2n) is 5.26. The predicted molar refractivity (Wildman–Crippen MR) is 84.8 cm³/mol. The molecule has 0 aliphatic carbocycles. The number of fused-ring (bicyclic) bond motifs is 1. The molecule has 0 saturated heterocycles. The molecule has 3 aromatic rings. The SMILES string of the molecule is C[C@@H](NC(=O)c1cc2cccc(Cl)c2n1C)c1nncn1C. The van der Waals surface area contributed by atoms with Crippen LogP contribution in [-0.4, -0.2) is 25.2 Å². The Labute approximate surface area is 132 Å². The number of hydrogen-bond acceptors (Lipinski definition) is 3. The number of hydrogen-bond donors (Lipinski definition) is 1. The highest BCUT2D eigenvalue weighted by atomic mass is 35.5. The van der Waals surface area contributed by atoms with E-state index >= 15 is 0 Å². The molecule has 0 saturated carbocycles. The van der Waals surface area contributed by atoms with Crippen LogP contribution in [0.4, 0.5) is 0 Å². The number of amides is 1. The lowest BCUT2D eigenvalue weighted by Gasteiger charge is -2.13. The number of aromatic nitrogens is 4. The van der Waals surface area contributed by atoms with Gasteiger partial charge in [0.1, 0.15) is 12.0 Å². The van der Waals surface area contributed by atoms with Gasteiger partial charge in [0.15, 0.2) is 5.82 Å². The molecule has 6 nitrogen and oxygen atoms in total. The normalized spacial score (nSPS) is 12.5. The average Bonchev–Trinajstić information content (AvgIpc) is 3.03. The van der Waals surface area contributed by atoms with Gasteiger partial charge in [-0.3, -0.25) is 4.79 Å². The lowest BCUT2D eigenvalue weighted by atomic mass is 10.2. The Balaban J connectivity index is 1.91. The Morgan fingerprint density at radius 1 is 1.36 bits per heavy atom.